The first-order valence-corrected chi connectivity index (χ1v) is 15.7. The largest absolute Gasteiger partial charge is 0.351 e. The van der Waals surface area contributed by atoms with Crippen LogP contribution in [0.5, 0.6) is 0 Å². The molecule has 0 unspecified atom stereocenters. The molecule has 1 saturated heterocycles. The highest BCUT2D eigenvalue weighted by atomic mass is 16.2. The van der Waals surface area contributed by atoms with Crippen molar-refractivity contribution in [3.63, 3.8) is 0 Å². The number of urea groups is 1. The van der Waals surface area contributed by atoms with Gasteiger partial charge in [0.25, 0.3) is 11.8 Å². The Labute approximate surface area is 262 Å². The number of anilines is 2. The van der Waals surface area contributed by atoms with E-state index in [9.17, 15) is 19.2 Å². The summed E-state index contributed by atoms with van der Waals surface area (Å²) in [6.07, 6.45) is 3.98. The first-order chi connectivity index (χ1) is 22.3. The Hall–Kier alpha value is -5.64. The lowest BCUT2D eigenvalue weighted by Gasteiger charge is -2.29. The molecular weight excluding hydrogens is 580 g/mol. The molecule has 0 bridgehead atoms. The molecule has 1 saturated carbocycles. The Morgan fingerprint density at radius 2 is 1.39 bits per heavy atom. The van der Waals surface area contributed by atoms with Crippen LogP contribution in [-0.4, -0.2) is 58.1 Å². The van der Waals surface area contributed by atoms with Gasteiger partial charge in [-0.05, 0) is 78.3 Å². The van der Waals surface area contributed by atoms with Crippen LogP contribution < -0.4 is 15.5 Å². The van der Waals surface area contributed by atoms with Gasteiger partial charge in [0.15, 0.2) is 5.78 Å². The second-order valence-corrected chi connectivity index (χ2v) is 13.1. The molecule has 4 amide bonds. The standard InChI is InChI=1S/C36H28N6O4/c37-35(46)41-12-10-20-23-13-27(38-26(23)6-8-30(20)41)33(44)40-11-9-19-22-14-28(39-25(22)5-7-29(19)40)34(45)42-17-18-16-36(18)24-4-2-1-3-21(24)31(43)15-32(36)42/h1-8,13-15,18,38-39H,9-12,16-17H2,(H2,37,46)/t18-,36-/m1/s1. The number of nitrogens with one attached hydrogen (secondary N) is 2. The zero-order chi connectivity index (χ0) is 31.1. The maximum atomic E-state index is 14.0. The Balaban J connectivity index is 0.961. The average Bonchev–Trinajstić information content (AvgIpc) is 3.68. The van der Waals surface area contributed by atoms with Crippen LogP contribution in [0, 0.1) is 5.92 Å². The molecule has 3 aromatic carbocycles. The molecule has 226 valence electrons. The van der Waals surface area contributed by atoms with Gasteiger partial charge < -0.3 is 25.5 Å². The van der Waals surface area contributed by atoms with Crippen LogP contribution >= 0.6 is 0 Å². The minimum absolute atomic E-state index is 0.0483. The topological polar surface area (TPSA) is 136 Å². The maximum absolute atomic E-state index is 14.0. The zero-order valence-corrected chi connectivity index (χ0v) is 24.7. The summed E-state index contributed by atoms with van der Waals surface area (Å²) in [4.78, 5) is 64.5. The lowest BCUT2D eigenvalue weighted by Crippen LogP contribution is -2.33. The summed E-state index contributed by atoms with van der Waals surface area (Å²) in [5.74, 6) is 0.00234. The smallest absolute Gasteiger partial charge is 0.319 e. The van der Waals surface area contributed by atoms with Gasteiger partial charge in [0, 0.05) is 75.6 Å². The van der Waals surface area contributed by atoms with Crippen molar-refractivity contribution in [3.8, 4) is 0 Å². The summed E-state index contributed by atoms with van der Waals surface area (Å²) < 4.78 is 0. The third-order valence-corrected chi connectivity index (χ3v) is 10.9. The molecule has 0 radical (unpaired) electrons. The second-order valence-electron chi connectivity index (χ2n) is 13.1. The molecule has 2 atom stereocenters. The number of piperidine rings is 1. The number of benzene rings is 3. The van der Waals surface area contributed by atoms with E-state index in [1.165, 1.54) is 0 Å². The Kier molecular flexibility index (Phi) is 4.76. The number of nitrogens with two attached hydrogens (primary N) is 1. The van der Waals surface area contributed by atoms with Crippen LogP contribution in [0.2, 0.25) is 0 Å². The van der Waals surface area contributed by atoms with Gasteiger partial charge in [-0.3, -0.25) is 19.3 Å². The number of H-pyrrole nitrogens is 2. The Morgan fingerprint density at radius 1 is 0.783 bits per heavy atom. The Bertz CT molecular complexity index is 2310. The second kappa shape index (κ2) is 8.54. The van der Waals surface area contributed by atoms with Gasteiger partial charge >= 0.3 is 6.03 Å². The number of amides is 4. The SMILES string of the molecule is NC(=O)N1CCc2c1ccc1[nH]c(C(=O)N3CCc4c3ccc3[nH]c(C(=O)N5C[C@H]6C[C@@]67C5=CC(=O)c5ccccc57)cc43)cc21. The number of hydrogen-bond donors (Lipinski definition) is 3. The van der Waals surface area contributed by atoms with Gasteiger partial charge in [0.2, 0.25) is 0 Å². The number of allylic oxidation sites excluding steroid dienone is 2. The van der Waals surface area contributed by atoms with Crippen molar-refractivity contribution in [1.82, 2.24) is 14.9 Å². The lowest BCUT2D eigenvalue weighted by atomic mass is 9.81. The summed E-state index contributed by atoms with van der Waals surface area (Å²) in [6, 6.07) is 18.7. The molecule has 5 aliphatic rings. The van der Waals surface area contributed by atoms with E-state index in [4.69, 9.17) is 5.73 Å². The molecule has 10 nitrogen and oxygen atoms in total. The van der Waals surface area contributed by atoms with Crippen LogP contribution in [0.25, 0.3) is 21.8 Å². The van der Waals surface area contributed by atoms with Crippen molar-refractivity contribution in [2.45, 2.75) is 24.7 Å². The van der Waals surface area contributed by atoms with E-state index >= 15 is 0 Å². The molecule has 3 aliphatic heterocycles. The van der Waals surface area contributed by atoms with E-state index in [1.807, 2.05) is 60.7 Å². The third-order valence-electron chi connectivity index (χ3n) is 10.9. The first kappa shape index (κ1) is 25.7. The highest BCUT2D eigenvalue weighted by Gasteiger charge is 2.67. The monoisotopic (exact) mass is 608 g/mol. The van der Waals surface area contributed by atoms with E-state index in [1.54, 1.807) is 20.8 Å². The fourth-order valence-electron chi connectivity index (χ4n) is 8.76. The molecule has 10 rings (SSSR count). The minimum atomic E-state index is -0.479. The van der Waals surface area contributed by atoms with Gasteiger partial charge in [0.05, 0.1) is 0 Å². The number of fused-ring (bicyclic) bond motifs is 7. The molecule has 2 fully saturated rings. The van der Waals surface area contributed by atoms with Crippen LogP contribution in [0.4, 0.5) is 16.2 Å². The number of hydrogen-bond acceptors (Lipinski definition) is 4. The number of carbonyl (C=O) groups excluding carboxylic acids is 4. The molecule has 46 heavy (non-hydrogen) atoms. The van der Waals surface area contributed by atoms with Gasteiger partial charge in [-0.25, -0.2) is 4.79 Å². The van der Waals surface area contributed by atoms with Crippen molar-refractivity contribution in [2.75, 3.05) is 29.4 Å². The van der Waals surface area contributed by atoms with Crippen LogP contribution in [0.15, 0.2) is 72.4 Å². The molecule has 5 heterocycles. The van der Waals surface area contributed by atoms with Gasteiger partial charge in [-0.2, -0.15) is 0 Å². The quantitative estimate of drug-likeness (QED) is 0.266. The van der Waals surface area contributed by atoms with Crippen LogP contribution in [-0.2, 0) is 18.3 Å². The fraction of sp³-hybridized carbons (Fsp3) is 0.222. The predicted octanol–water partition coefficient (Wildman–Crippen LogP) is 4.79. The van der Waals surface area contributed by atoms with Crippen molar-refractivity contribution >= 4 is 56.8 Å². The Morgan fingerprint density at radius 3 is 2.07 bits per heavy atom. The summed E-state index contributed by atoms with van der Waals surface area (Å²) in [5, 5.41) is 1.85. The number of nitrogens with zero attached hydrogens (tertiary/aromatic N) is 3. The first-order valence-electron chi connectivity index (χ1n) is 15.7. The van der Waals surface area contributed by atoms with E-state index in [0.29, 0.717) is 49.8 Å². The molecule has 10 heteroatoms. The van der Waals surface area contributed by atoms with E-state index in [-0.39, 0.29) is 23.0 Å². The highest BCUT2D eigenvalue weighted by Crippen LogP contribution is 2.66. The number of carbonyl (C=O) groups is 4. The lowest BCUT2D eigenvalue weighted by molar-refractivity contribution is 0.0806. The summed E-state index contributed by atoms with van der Waals surface area (Å²) in [7, 11) is 0. The molecule has 5 aromatic rings. The van der Waals surface area contributed by atoms with Crippen LogP contribution in [0.3, 0.4) is 0 Å². The minimum Gasteiger partial charge on any atom is -0.351 e. The average molecular weight is 609 g/mol. The van der Waals surface area contributed by atoms with E-state index in [2.05, 4.69) is 9.97 Å². The van der Waals surface area contributed by atoms with Gasteiger partial charge in [-0.1, -0.05) is 24.3 Å². The number of ketones is 1. The van der Waals surface area contributed by atoms with Gasteiger partial charge in [0.1, 0.15) is 11.4 Å². The van der Waals surface area contributed by atoms with Crippen LogP contribution in [0.1, 0.15) is 54.4 Å². The number of aromatic nitrogens is 2. The summed E-state index contributed by atoms with van der Waals surface area (Å²) in [5.41, 5.74) is 14.2. The number of likely N-dealkylation sites (tertiary alicyclic amines) is 1. The maximum Gasteiger partial charge on any atom is 0.319 e. The summed E-state index contributed by atoms with van der Waals surface area (Å²) >= 11 is 0. The molecule has 2 aliphatic carbocycles. The predicted molar refractivity (Wildman–Crippen MR) is 172 cm³/mol. The normalized spacial score (nSPS) is 22.1. The van der Waals surface area contributed by atoms with Gasteiger partial charge in [-0.15, -0.1) is 0 Å². The zero-order valence-electron chi connectivity index (χ0n) is 24.7. The van der Waals surface area contributed by atoms with Crippen molar-refractivity contribution < 1.29 is 19.2 Å². The third kappa shape index (κ3) is 3.15. The highest BCUT2D eigenvalue weighted by molar-refractivity contribution is 6.12. The number of rotatable bonds is 2. The van der Waals surface area contributed by atoms with Crippen molar-refractivity contribution in [3.05, 3.63) is 106 Å². The molecule has 2 aromatic heterocycles. The fourth-order valence-corrected chi connectivity index (χ4v) is 8.76. The molecular formula is C36H28N6O4. The number of aromatic amines is 2. The number of primary amides is 1. The van der Waals surface area contributed by atoms with E-state index in [0.717, 1.165) is 67.6 Å². The van der Waals surface area contributed by atoms with Crippen molar-refractivity contribution in [1.29, 1.82) is 0 Å². The molecule has 1 spiro atoms. The van der Waals surface area contributed by atoms with E-state index < -0.39 is 6.03 Å². The summed E-state index contributed by atoms with van der Waals surface area (Å²) in [6.45, 7) is 1.64. The molecule has 4 N–H and O–H groups in total. The van der Waals surface area contributed by atoms with Crippen molar-refractivity contribution in [2.24, 2.45) is 11.7 Å².